The molecular formula is C18H26N2O3. The van der Waals surface area contributed by atoms with Crippen LogP contribution in [0.3, 0.4) is 0 Å². The molecule has 5 heteroatoms. The Morgan fingerprint density at radius 3 is 2.91 bits per heavy atom. The monoisotopic (exact) mass is 318 g/mol. The van der Waals surface area contributed by atoms with Crippen LogP contribution in [0.4, 0.5) is 0 Å². The molecule has 0 aromatic heterocycles. The van der Waals surface area contributed by atoms with Gasteiger partial charge in [0.1, 0.15) is 0 Å². The van der Waals surface area contributed by atoms with E-state index in [4.69, 9.17) is 9.84 Å². The summed E-state index contributed by atoms with van der Waals surface area (Å²) in [6.07, 6.45) is 1.40. The second-order valence-corrected chi connectivity index (χ2v) is 6.86. The van der Waals surface area contributed by atoms with E-state index in [1.807, 2.05) is 11.9 Å². The van der Waals surface area contributed by atoms with Crippen molar-refractivity contribution in [3.63, 3.8) is 0 Å². The quantitative estimate of drug-likeness (QED) is 0.826. The number of carbonyl (C=O) groups is 1. The molecule has 0 radical (unpaired) electrons. The van der Waals surface area contributed by atoms with Crippen LogP contribution in [0.15, 0.2) is 30.3 Å². The molecule has 1 unspecified atom stereocenters. The van der Waals surface area contributed by atoms with Gasteiger partial charge in [-0.2, -0.15) is 0 Å². The maximum atomic E-state index is 10.7. The number of morpholine rings is 1. The molecule has 5 nitrogen and oxygen atoms in total. The van der Waals surface area contributed by atoms with Crippen molar-refractivity contribution in [3.05, 3.63) is 35.9 Å². The summed E-state index contributed by atoms with van der Waals surface area (Å²) in [4.78, 5) is 15.0. The number of aliphatic carboxylic acids is 1. The summed E-state index contributed by atoms with van der Waals surface area (Å²) >= 11 is 0. The van der Waals surface area contributed by atoms with Crippen molar-refractivity contribution in [2.45, 2.75) is 18.4 Å². The first kappa shape index (κ1) is 16.4. The van der Waals surface area contributed by atoms with E-state index in [-0.39, 0.29) is 12.6 Å². The number of hydrogen-bond acceptors (Lipinski definition) is 4. The number of rotatable bonds is 7. The van der Waals surface area contributed by atoms with Crippen molar-refractivity contribution in [2.24, 2.45) is 5.92 Å². The van der Waals surface area contributed by atoms with Crippen LogP contribution in [0, 0.1) is 5.92 Å². The van der Waals surface area contributed by atoms with Gasteiger partial charge in [0.25, 0.3) is 0 Å². The van der Waals surface area contributed by atoms with Gasteiger partial charge in [-0.15, -0.1) is 0 Å². The zero-order chi connectivity index (χ0) is 16.2. The molecule has 2 aliphatic rings. The first-order chi connectivity index (χ1) is 11.1. The third kappa shape index (κ3) is 4.77. The number of hydrogen-bond donors (Lipinski definition) is 1. The highest BCUT2D eigenvalue weighted by atomic mass is 16.5. The molecule has 0 amide bonds. The van der Waals surface area contributed by atoms with E-state index >= 15 is 0 Å². The van der Waals surface area contributed by atoms with Gasteiger partial charge in [-0.05, 0) is 30.9 Å². The van der Waals surface area contributed by atoms with Gasteiger partial charge in [-0.3, -0.25) is 14.6 Å². The molecule has 1 aromatic carbocycles. The number of carboxylic acid groups (broad SMARTS) is 1. The Labute approximate surface area is 137 Å². The molecule has 1 saturated carbocycles. The molecule has 1 aromatic rings. The van der Waals surface area contributed by atoms with Gasteiger partial charge >= 0.3 is 5.97 Å². The molecular weight excluding hydrogens is 292 g/mol. The van der Waals surface area contributed by atoms with Crippen LogP contribution in [0.2, 0.25) is 0 Å². The Kier molecular flexibility index (Phi) is 5.30. The standard InChI is InChI=1S/C18H26N2O3/c1-19(13-18(21)22)11-16-12-20(7-8-23-16)10-15-9-17(15)14-5-3-2-4-6-14/h2-6,15-17H,7-13H2,1H3,(H,21,22)/t15-,16?,17-/m0/s1. The Bertz CT molecular complexity index is 522. The fourth-order valence-electron chi connectivity index (χ4n) is 3.59. The van der Waals surface area contributed by atoms with E-state index in [9.17, 15) is 4.79 Å². The molecule has 1 saturated heterocycles. The molecule has 126 valence electrons. The van der Waals surface area contributed by atoms with E-state index < -0.39 is 5.97 Å². The predicted octanol–water partition coefficient (Wildman–Crippen LogP) is 1.51. The Hall–Kier alpha value is -1.43. The van der Waals surface area contributed by atoms with E-state index in [0.29, 0.717) is 12.5 Å². The minimum Gasteiger partial charge on any atom is -0.480 e. The van der Waals surface area contributed by atoms with Crippen molar-refractivity contribution >= 4 is 5.97 Å². The van der Waals surface area contributed by atoms with Crippen LogP contribution in [-0.4, -0.2) is 73.4 Å². The highest BCUT2D eigenvalue weighted by Gasteiger charge is 2.39. The average molecular weight is 318 g/mol. The summed E-state index contributed by atoms with van der Waals surface area (Å²) in [5.74, 6) is 0.684. The van der Waals surface area contributed by atoms with Crippen molar-refractivity contribution in [2.75, 3.05) is 46.4 Å². The first-order valence-electron chi connectivity index (χ1n) is 8.41. The predicted molar refractivity (Wildman–Crippen MR) is 88.6 cm³/mol. The lowest BCUT2D eigenvalue weighted by molar-refractivity contribution is -0.138. The highest BCUT2D eigenvalue weighted by Crippen LogP contribution is 2.47. The van der Waals surface area contributed by atoms with E-state index in [1.54, 1.807) is 0 Å². The fourth-order valence-corrected chi connectivity index (χ4v) is 3.59. The summed E-state index contributed by atoms with van der Waals surface area (Å²) in [7, 11) is 1.84. The second-order valence-electron chi connectivity index (χ2n) is 6.86. The number of carboxylic acids is 1. The van der Waals surface area contributed by atoms with Crippen molar-refractivity contribution in [1.82, 2.24) is 9.80 Å². The van der Waals surface area contributed by atoms with Crippen LogP contribution < -0.4 is 0 Å². The smallest absolute Gasteiger partial charge is 0.317 e. The minimum atomic E-state index is -0.788. The van der Waals surface area contributed by atoms with E-state index in [2.05, 4.69) is 35.2 Å². The van der Waals surface area contributed by atoms with Gasteiger partial charge in [-0.25, -0.2) is 0 Å². The summed E-state index contributed by atoms with van der Waals surface area (Å²) in [5.41, 5.74) is 1.46. The lowest BCUT2D eigenvalue weighted by Gasteiger charge is -2.34. The second kappa shape index (κ2) is 7.43. The van der Waals surface area contributed by atoms with Crippen molar-refractivity contribution in [1.29, 1.82) is 0 Å². The molecule has 3 rings (SSSR count). The lowest BCUT2D eigenvalue weighted by atomic mass is 10.1. The third-order valence-electron chi connectivity index (χ3n) is 4.79. The van der Waals surface area contributed by atoms with Gasteiger partial charge in [0.05, 0.1) is 19.3 Å². The molecule has 3 atom stereocenters. The minimum absolute atomic E-state index is 0.0680. The average Bonchev–Trinajstić information content (AvgIpc) is 3.27. The molecule has 23 heavy (non-hydrogen) atoms. The van der Waals surface area contributed by atoms with Crippen LogP contribution >= 0.6 is 0 Å². The third-order valence-corrected chi connectivity index (χ3v) is 4.79. The maximum Gasteiger partial charge on any atom is 0.317 e. The van der Waals surface area contributed by atoms with Gasteiger partial charge in [0.2, 0.25) is 0 Å². The Balaban J connectivity index is 1.44. The van der Waals surface area contributed by atoms with Gasteiger partial charge < -0.3 is 9.84 Å². The van der Waals surface area contributed by atoms with Gasteiger partial charge in [0, 0.05) is 26.2 Å². The normalized spacial score (nSPS) is 28.0. The Morgan fingerprint density at radius 1 is 1.39 bits per heavy atom. The Morgan fingerprint density at radius 2 is 2.17 bits per heavy atom. The topological polar surface area (TPSA) is 53.0 Å². The molecule has 1 aliphatic heterocycles. The number of nitrogens with zero attached hydrogens (tertiary/aromatic N) is 2. The van der Waals surface area contributed by atoms with Crippen molar-refractivity contribution < 1.29 is 14.6 Å². The summed E-state index contributed by atoms with van der Waals surface area (Å²) < 4.78 is 5.80. The molecule has 0 bridgehead atoms. The number of benzene rings is 1. The van der Waals surface area contributed by atoms with Crippen molar-refractivity contribution in [3.8, 4) is 0 Å². The van der Waals surface area contributed by atoms with E-state index in [1.165, 1.54) is 12.0 Å². The molecule has 1 N–H and O–H groups in total. The summed E-state index contributed by atoms with van der Waals surface area (Å²) in [6.45, 7) is 4.50. The van der Waals surface area contributed by atoms with Crippen LogP contribution in [0.1, 0.15) is 17.9 Å². The lowest BCUT2D eigenvalue weighted by Crippen LogP contribution is -2.48. The highest BCUT2D eigenvalue weighted by molar-refractivity contribution is 5.69. The number of ether oxygens (including phenoxy) is 1. The summed E-state index contributed by atoms with van der Waals surface area (Å²) in [5, 5.41) is 8.84. The number of likely N-dealkylation sites (N-methyl/N-ethyl adjacent to an activating group) is 1. The maximum absolute atomic E-state index is 10.7. The van der Waals surface area contributed by atoms with Gasteiger partial charge in [-0.1, -0.05) is 30.3 Å². The first-order valence-corrected chi connectivity index (χ1v) is 8.41. The van der Waals surface area contributed by atoms with E-state index in [0.717, 1.165) is 32.2 Å². The van der Waals surface area contributed by atoms with Gasteiger partial charge in [0.15, 0.2) is 0 Å². The largest absolute Gasteiger partial charge is 0.480 e. The SMILES string of the molecule is CN(CC(=O)O)CC1CN(C[C@@H]2C[C@H]2c2ccccc2)CCO1. The molecule has 2 fully saturated rings. The fraction of sp³-hybridized carbons (Fsp3) is 0.611. The molecule has 1 aliphatic carbocycles. The van der Waals surface area contributed by atoms with Crippen LogP contribution in [0.5, 0.6) is 0 Å². The molecule has 0 spiro atoms. The molecule has 1 heterocycles. The van der Waals surface area contributed by atoms with Crippen LogP contribution in [0.25, 0.3) is 0 Å². The zero-order valence-electron chi connectivity index (χ0n) is 13.7. The van der Waals surface area contributed by atoms with Crippen LogP contribution in [-0.2, 0) is 9.53 Å². The zero-order valence-corrected chi connectivity index (χ0v) is 13.7. The summed E-state index contributed by atoms with van der Waals surface area (Å²) in [6, 6.07) is 10.8.